The maximum Gasteiger partial charge on any atom is 0.416 e. The molecule has 0 bridgehead atoms. The first-order valence-electron chi connectivity index (χ1n) is 8.70. The molecule has 0 radical (unpaired) electrons. The molecule has 0 aliphatic heterocycles. The van der Waals surface area contributed by atoms with Crippen LogP contribution in [-0.2, 0) is 17.5 Å². The largest absolute Gasteiger partial charge is 0.416 e. The van der Waals surface area contributed by atoms with Gasteiger partial charge in [0.25, 0.3) is 5.91 Å². The van der Waals surface area contributed by atoms with Crippen LogP contribution in [0.15, 0.2) is 48.5 Å². The zero-order valence-electron chi connectivity index (χ0n) is 15.6. The van der Waals surface area contributed by atoms with E-state index in [0.29, 0.717) is 17.7 Å². The number of amides is 2. The molecule has 29 heavy (non-hydrogen) atoms. The second-order valence-corrected chi connectivity index (χ2v) is 7.59. The van der Waals surface area contributed by atoms with Crippen molar-refractivity contribution in [1.82, 2.24) is 10.6 Å². The standard InChI is InChI=1S/C20H20ClF3N2O2S/c1-29-11-10-17(26-18(27)15-4-2-3-5-16(15)21)19(28)25-12-13-6-8-14(9-7-13)20(22,23)24/h2-9,17H,10-12H2,1H3,(H,25,28)(H,26,27). The molecule has 0 saturated carbocycles. The van der Waals surface area contributed by atoms with Gasteiger partial charge in [-0.15, -0.1) is 0 Å². The van der Waals surface area contributed by atoms with Crippen LogP contribution >= 0.6 is 23.4 Å². The molecule has 2 aromatic rings. The minimum Gasteiger partial charge on any atom is -0.350 e. The van der Waals surface area contributed by atoms with Gasteiger partial charge < -0.3 is 10.6 Å². The van der Waals surface area contributed by atoms with Crippen LogP contribution in [0.5, 0.6) is 0 Å². The van der Waals surface area contributed by atoms with Crippen LogP contribution in [0.1, 0.15) is 27.9 Å². The van der Waals surface area contributed by atoms with Gasteiger partial charge in [-0.1, -0.05) is 35.9 Å². The van der Waals surface area contributed by atoms with Gasteiger partial charge in [-0.25, -0.2) is 0 Å². The van der Waals surface area contributed by atoms with Crippen molar-refractivity contribution in [3.05, 3.63) is 70.2 Å². The Hall–Kier alpha value is -2.19. The molecular weight excluding hydrogens is 425 g/mol. The number of hydrogen-bond donors (Lipinski definition) is 2. The first kappa shape index (κ1) is 23.1. The highest BCUT2D eigenvalue weighted by Crippen LogP contribution is 2.29. The van der Waals surface area contributed by atoms with Crippen molar-refractivity contribution in [2.75, 3.05) is 12.0 Å². The van der Waals surface area contributed by atoms with Crippen LogP contribution in [0, 0.1) is 0 Å². The Morgan fingerprint density at radius 2 is 1.76 bits per heavy atom. The fourth-order valence-electron chi connectivity index (χ4n) is 2.51. The molecule has 156 valence electrons. The average Bonchev–Trinajstić information content (AvgIpc) is 2.69. The smallest absolute Gasteiger partial charge is 0.350 e. The van der Waals surface area contributed by atoms with Gasteiger partial charge in [-0.3, -0.25) is 9.59 Å². The third-order valence-electron chi connectivity index (χ3n) is 4.10. The van der Waals surface area contributed by atoms with E-state index in [9.17, 15) is 22.8 Å². The third-order valence-corrected chi connectivity index (χ3v) is 5.07. The number of carbonyl (C=O) groups is 2. The van der Waals surface area contributed by atoms with Gasteiger partial charge in [0.2, 0.25) is 5.91 Å². The summed E-state index contributed by atoms with van der Waals surface area (Å²) in [6.45, 7) is 0.0503. The zero-order chi connectivity index (χ0) is 21.4. The topological polar surface area (TPSA) is 58.2 Å². The number of alkyl halides is 3. The summed E-state index contributed by atoms with van der Waals surface area (Å²) in [5, 5.41) is 5.61. The highest BCUT2D eigenvalue weighted by atomic mass is 35.5. The fraction of sp³-hybridized carbons (Fsp3) is 0.300. The van der Waals surface area contributed by atoms with E-state index in [1.807, 2.05) is 6.26 Å². The van der Waals surface area contributed by atoms with E-state index < -0.39 is 29.6 Å². The van der Waals surface area contributed by atoms with Gasteiger partial charge in [0.1, 0.15) is 6.04 Å². The van der Waals surface area contributed by atoms with E-state index in [0.717, 1.165) is 12.1 Å². The molecule has 0 aliphatic carbocycles. The summed E-state index contributed by atoms with van der Waals surface area (Å²) < 4.78 is 37.9. The second kappa shape index (κ2) is 10.5. The lowest BCUT2D eigenvalue weighted by molar-refractivity contribution is -0.137. The highest BCUT2D eigenvalue weighted by molar-refractivity contribution is 7.98. The summed E-state index contributed by atoms with van der Waals surface area (Å²) in [6.07, 6.45) is -2.13. The number of thioether (sulfide) groups is 1. The lowest BCUT2D eigenvalue weighted by atomic mass is 10.1. The Morgan fingerprint density at radius 1 is 1.10 bits per heavy atom. The summed E-state index contributed by atoms with van der Waals surface area (Å²) in [6, 6.07) is 10.3. The Bertz CT molecular complexity index is 844. The van der Waals surface area contributed by atoms with E-state index in [4.69, 9.17) is 11.6 Å². The quantitative estimate of drug-likeness (QED) is 0.629. The number of hydrogen-bond acceptors (Lipinski definition) is 3. The molecule has 2 rings (SSSR count). The van der Waals surface area contributed by atoms with Gasteiger partial charge in [0, 0.05) is 6.54 Å². The monoisotopic (exact) mass is 444 g/mol. The number of halogens is 4. The minimum atomic E-state index is -4.41. The number of rotatable bonds is 8. The molecule has 0 fully saturated rings. The van der Waals surface area contributed by atoms with E-state index in [1.54, 1.807) is 24.3 Å². The van der Waals surface area contributed by atoms with Gasteiger partial charge in [0.15, 0.2) is 0 Å². The van der Waals surface area contributed by atoms with Crippen molar-refractivity contribution >= 4 is 35.2 Å². The summed E-state index contributed by atoms with van der Waals surface area (Å²) in [5.41, 5.74) is 0.0312. The van der Waals surface area contributed by atoms with E-state index in [1.165, 1.54) is 23.9 Å². The zero-order valence-corrected chi connectivity index (χ0v) is 17.1. The van der Waals surface area contributed by atoms with Gasteiger partial charge in [-0.05, 0) is 48.3 Å². The van der Waals surface area contributed by atoms with Crippen LogP contribution in [0.2, 0.25) is 5.02 Å². The third kappa shape index (κ3) is 6.97. The Balaban J connectivity index is 2.01. The molecule has 2 aromatic carbocycles. The molecule has 2 N–H and O–H groups in total. The predicted molar refractivity (Wildman–Crippen MR) is 109 cm³/mol. The SMILES string of the molecule is CSCCC(NC(=O)c1ccccc1Cl)C(=O)NCc1ccc(C(F)(F)F)cc1. The van der Waals surface area contributed by atoms with Gasteiger partial charge in [-0.2, -0.15) is 24.9 Å². The van der Waals surface area contributed by atoms with E-state index in [-0.39, 0.29) is 17.1 Å². The van der Waals surface area contributed by atoms with Gasteiger partial charge in [0.05, 0.1) is 16.1 Å². The predicted octanol–water partition coefficient (Wildman–Crippen LogP) is 4.53. The Labute approximate surface area is 176 Å². The molecule has 0 heterocycles. The molecule has 0 spiro atoms. The normalized spacial score (nSPS) is 12.3. The van der Waals surface area contributed by atoms with Crippen LogP contribution in [0.3, 0.4) is 0 Å². The molecule has 1 atom stereocenters. The molecule has 0 saturated heterocycles. The summed E-state index contributed by atoms with van der Waals surface area (Å²) in [4.78, 5) is 25.0. The number of nitrogens with one attached hydrogen (secondary N) is 2. The molecule has 4 nitrogen and oxygen atoms in total. The van der Waals surface area contributed by atoms with Crippen LogP contribution < -0.4 is 10.6 Å². The first-order chi connectivity index (χ1) is 13.7. The number of carbonyl (C=O) groups excluding carboxylic acids is 2. The van der Waals surface area contributed by atoms with Gasteiger partial charge >= 0.3 is 6.18 Å². The van der Waals surface area contributed by atoms with Crippen molar-refractivity contribution in [2.24, 2.45) is 0 Å². The van der Waals surface area contributed by atoms with Crippen LogP contribution in [0.4, 0.5) is 13.2 Å². The van der Waals surface area contributed by atoms with E-state index >= 15 is 0 Å². The summed E-state index contributed by atoms with van der Waals surface area (Å²) >= 11 is 7.55. The average molecular weight is 445 g/mol. The minimum absolute atomic E-state index is 0.0503. The molecule has 1 unspecified atom stereocenters. The second-order valence-electron chi connectivity index (χ2n) is 6.20. The van der Waals surface area contributed by atoms with Crippen molar-refractivity contribution in [3.8, 4) is 0 Å². The lowest BCUT2D eigenvalue weighted by Gasteiger charge is -2.19. The summed E-state index contributed by atoms with van der Waals surface area (Å²) in [7, 11) is 0. The molecule has 0 aliphatic rings. The molecule has 2 amide bonds. The maximum absolute atomic E-state index is 12.6. The molecule has 0 aromatic heterocycles. The summed E-state index contributed by atoms with van der Waals surface area (Å²) in [5.74, 6) is -0.244. The molecular formula is C20H20ClF3N2O2S. The van der Waals surface area contributed by atoms with Crippen LogP contribution in [0.25, 0.3) is 0 Å². The van der Waals surface area contributed by atoms with Crippen molar-refractivity contribution in [2.45, 2.75) is 25.2 Å². The number of benzene rings is 2. The lowest BCUT2D eigenvalue weighted by Crippen LogP contribution is -2.47. The molecule has 9 heteroatoms. The Kier molecular flexibility index (Phi) is 8.40. The maximum atomic E-state index is 12.6. The first-order valence-corrected chi connectivity index (χ1v) is 10.5. The highest BCUT2D eigenvalue weighted by Gasteiger charge is 2.30. The van der Waals surface area contributed by atoms with Crippen molar-refractivity contribution in [3.63, 3.8) is 0 Å². The van der Waals surface area contributed by atoms with Crippen molar-refractivity contribution in [1.29, 1.82) is 0 Å². The Morgan fingerprint density at radius 3 is 2.34 bits per heavy atom. The van der Waals surface area contributed by atoms with Crippen LogP contribution in [-0.4, -0.2) is 29.9 Å². The fourth-order valence-corrected chi connectivity index (χ4v) is 3.20. The van der Waals surface area contributed by atoms with Crippen molar-refractivity contribution < 1.29 is 22.8 Å². The van der Waals surface area contributed by atoms with E-state index in [2.05, 4.69) is 10.6 Å².